The molecule has 4 aromatic rings. The summed E-state index contributed by atoms with van der Waals surface area (Å²) in [6.07, 6.45) is 1.79. The van der Waals surface area contributed by atoms with Crippen molar-refractivity contribution in [3.8, 4) is 28.7 Å². The molecule has 2 aromatic carbocycles. The second-order valence-corrected chi connectivity index (χ2v) is 8.08. The Morgan fingerprint density at radius 3 is 2.76 bits per heavy atom. The molecule has 1 aliphatic heterocycles. The lowest BCUT2D eigenvalue weighted by Crippen LogP contribution is -2.25. The second kappa shape index (κ2) is 8.18. The average Bonchev–Trinajstić information content (AvgIpc) is 3.15. The zero-order valence-corrected chi connectivity index (χ0v) is 18.5. The molecule has 3 heterocycles. The van der Waals surface area contributed by atoms with Crippen LogP contribution in [0.2, 0.25) is 5.02 Å². The lowest BCUT2D eigenvalue weighted by molar-refractivity contribution is -0.116. The zero-order valence-electron chi connectivity index (χ0n) is 17.8. The molecule has 0 fully saturated rings. The number of ether oxygens (including phenoxy) is 1. The lowest BCUT2D eigenvalue weighted by atomic mass is 9.85. The van der Waals surface area contributed by atoms with Gasteiger partial charge in [0.2, 0.25) is 5.91 Å². The van der Waals surface area contributed by atoms with E-state index in [2.05, 4.69) is 25.6 Å². The Morgan fingerprint density at radius 2 is 2.00 bits per heavy atom. The number of aromatic nitrogens is 5. The maximum atomic E-state index is 12.6. The highest BCUT2D eigenvalue weighted by Crippen LogP contribution is 2.42. The number of amides is 1. The third-order valence-electron chi connectivity index (χ3n) is 5.59. The molecule has 0 bridgehead atoms. The zero-order chi connectivity index (χ0) is 23.1. The van der Waals surface area contributed by atoms with Gasteiger partial charge in [-0.25, -0.2) is 4.98 Å². The molecule has 166 valence electrons. The topological polar surface area (TPSA) is 115 Å². The second-order valence-electron chi connectivity index (χ2n) is 7.64. The largest absolute Gasteiger partial charge is 0.504 e. The van der Waals surface area contributed by atoms with Crippen molar-refractivity contribution in [2.24, 2.45) is 0 Å². The van der Waals surface area contributed by atoms with Gasteiger partial charge in [0.05, 0.1) is 24.7 Å². The van der Waals surface area contributed by atoms with Gasteiger partial charge in [-0.3, -0.25) is 4.79 Å². The quantitative estimate of drug-likeness (QED) is 0.473. The standard InChI is InChI=1S/C23H19ClN6O3/c1-12-21-16(14-5-8-18(31)19(9-14)33-2)10-20(32)27-22(21)30(29-12)23-26-17(11-25-28-23)13-3-6-15(24)7-4-13/h3-9,11,16,31H,10H2,1-2H3,(H,27,32). The first-order valence-electron chi connectivity index (χ1n) is 10.2. The van der Waals surface area contributed by atoms with Crippen molar-refractivity contribution < 1.29 is 14.6 Å². The Balaban J connectivity index is 1.60. The Kier molecular flexibility index (Phi) is 5.18. The molecule has 1 amide bonds. The summed E-state index contributed by atoms with van der Waals surface area (Å²) in [5.74, 6) is 0.666. The molecule has 0 saturated heterocycles. The smallest absolute Gasteiger partial charge is 0.272 e. The molecule has 33 heavy (non-hydrogen) atoms. The molecular weight excluding hydrogens is 444 g/mol. The van der Waals surface area contributed by atoms with Gasteiger partial charge in [-0.2, -0.15) is 14.9 Å². The molecule has 5 rings (SSSR count). The number of aromatic hydroxyl groups is 1. The minimum atomic E-state index is -0.274. The number of rotatable bonds is 4. The summed E-state index contributed by atoms with van der Waals surface area (Å²) in [5, 5.41) is 26.3. The van der Waals surface area contributed by atoms with E-state index in [0.717, 1.165) is 22.4 Å². The molecule has 1 atom stereocenters. The van der Waals surface area contributed by atoms with Crippen LogP contribution in [0.5, 0.6) is 11.5 Å². The van der Waals surface area contributed by atoms with Gasteiger partial charge in [0, 0.05) is 28.5 Å². The number of hydrogen-bond donors (Lipinski definition) is 2. The van der Waals surface area contributed by atoms with Crippen molar-refractivity contribution in [1.29, 1.82) is 0 Å². The van der Waals surface area contributed by atoms with E-state index >= 15 is 0 Å². The Morgan fingerprint density at radius 1 is 1.21 bits per heavy atom. The molecule has 1 unspecified atom stereocenters. The minimum absolute atomic E-state index is 0.0349. The molecule has 0 saturated carbocycles. The predicted molar refractivity (Wildman–Crippen MR) is 122 cm³/mol. The summed E-state index contributed by atoms with van der Waals surface area (Å²) in [4.78, 5) is 17.2. The van der Waals surface area contributed by atoms with Crippen molar-refractivity contribution in [1.82, 2.24) is 25.0 Å². The maximum Gasteiger partial charge on any atom is 0.272 e. The molecule has 1 aliphatic rings. The van der Waals surface area contributed by atoms with Crippen molar-refractivity contribution in [3.63, 3.8) is 0 Å². The Hall–Kier alpha value is -3.98. The van der Waals surface area contributed by atoms with Gasteiger partial charge in [-0.15, -0.1) is 5.10 Å². The van der Waals surface area contributed by atoms with Crippen LogP contribution in [0.15, 0.2) is 48.7 Å². The van der Waals surface area contributed by atoms with Gasteiger partial charge < -0.3 is 15.2 Å². The van der Waals surface area contributed by atoms with Crippen molar-refractivity contribution >= 4 is 23.3 Å². The summed E-state index contributed by atoms with van der Waals surface area (Å²) in [5.41, 5.74) is 3.83. The Labute approximate surface area is 194 Å². The van der Waals surface area contributed by atoms with Gasteiger partial charge in [-0.1, -0.05) is 29.8 Å². The van der Waals surface area contributed by atoms with Crippen molar-refractivity contribution in [3.05, 3.63) is 70.5 Å². The number of halogens is 1. The predicted octanol–water partition coefficient (Wildman–Crippen LogP) is 3.87. The molecule has 10 heteroatoms. The normalized spacial score (nSPS) is 15.1. The van der Waals surface area contributed by atoms with Gasteiger partial charge in [-0.05, 0) is 36.8 Å². The first-order chi connectivity index (χ1) is 15.9. The van der Waals surface area contributed by atoms with Gasteiger partial charge >= 0.3 is 0 Å². The van der Waals surface area contributed by atoms with E-state index in [4.69, 9.17) is 16.3 Å². The fraction of sp³-hybridized carbons (Fsp3) is 0.174. The Bertz CT molecular complexity index is 1370. The highest BCUT2D eigenvalue weighted by atomic mass is 35.5. The summed E-state index contributed by atoms with van der Waals surface area (Å²) < 4.78 is 6.75. The van der Waals surface area contributed by atoms with Crippen LogP contribution in [0, 0.1) is 6.92 Å². The third kappa shape index (κ3) is 3.76. The molecule has 9 nitrogen and oxygen atoms in total. The van der Waals surface area contributed by atoms with Crippen LogP contribution in [0.3, 0.4) is 0 Å². The fourth-order valence-electron chi connectivity index (χ4n) is 4.03. The first kappa shape index (κ1) is 20.9. The average molecular weight is 463 g/mol. The van der Waals surface area contributed by atoms with E-state index in [1.165, 1.54) is 11.8 Å². The summed E-state index contributed by atoms with van der Waals surface area (Å²) in [7, 11) is 1.49. The van der Waals surface area contributed by atoms with Gasteiger partial charge in [0.15, 0.2) is 11.5 Å². The molecular formula is C23H19ClN6O3. The summed E-state index contributed by atoms with van der Waals surface area (Å²) >= 11 is 5.99. The van der Waals surface area contributed by atoms with Crippen LogP contribution >= 0.6 is 11.6 Å². The van der Waals surface area contributed by atoms with E-state index in [1.807, 2.05) is 19.1 Å². The highest BCUT2D eigenvalue weighted by molar-refractivity contribution is 6.30. The summed E-state index contributed by atoms with van der Waals surface area (Å²) in [6.45, 7) is 1.87. The number of aryl methyl sites for hydroxylation is 1. The van der Waals surface area contributed by atoms with E-state index in [9.17, 15) is 9.90 Å². The lowest BCUT2D eigenvalue weighted by Gasteiger charge is -2.24. The number of nitrogens with zero attached hydrogens (tertiary/aromatic N) is 5. The number of phenols is 1. The number of nitrogens with one attached hydrogen (secondary N) is 1. The molecule has 0 radical (unpaired) electrons. The van der Waals surface area contributed by atoms with Crippen LogP contribution in [-0.4, -0.2) is 43.1 Å². The molecule has 2 N–H and O–H groups in total. The van der Waals surface area contributed by atoms with Gasteiger partial charge in [0.25, 0.3) is 5.95 Å². The number of anilines is 1. The number of carbonyl (C=O) groups is 1. The molecule has 0 spiro atoms. The van der Waals surface area contributed by atoms with E-state index in [1.54, 1.807) is 36.5 Å². The maximum absolute atomic E-state index is 12.6. The van der Waals surface area contributed by atoms with Crippen molar-refractivity contribution in [2.45, 2.75) is 19.3 Å². The van der Waals surface area contributed by atoms with E-state index in [0.29, 0.717) is 22.3 Å². The van der Waals surface area contributed by atoms with Crippen LogP contribution in [-0.2, 0) is 4.79 Å². The van der Waals surface area contributed by atoms with E-state index in [-0.39, 0.29) is 29.9 Å². The molecule has 2 aromatic heterocycles. The highest BCUT2D eigenvalue weighted by Gasteiger charge is 2.33. The van der Waals surface area contributed by atoms with Crippen molar-refractivity contribution in [2.75, 3.05) is 12.4 Å². The fourth-order valence-corrected chi connectivity index (χ4v) is 4.16. The van der Waals surface area contributed by atoms with Crippen LogP contribution in [0.25, 0.3) is 17.2 Å². The first-order valence-corrected chi connectivity index (χ1v) is 10.5. The van der Waals surface area contributed by atoms with Crippen LogP contribution in [0.4, 0.5) is 5.82 Å². The monoisotopic (exact) mass is 462 g/mol. The number of benzene rings is 2. The summed E-state index contributed by atoms with van der Waals surface area (Å²) in [6, 6.07) is 12.3. The third-order valence-corrected chi connectivity index (χ3v) is 5.84. The number of phenolic OH excluding ortho intramolecular Hbond substituents is 1. The van der Waals surface area contributed by atoms with Crippen LogP contribution in [0.1, 0.15) is 29.2 Å². The van der Waals surface area contributed by atoms with Gasteiger partial charge in [0.1, 0.15) is 5.82 Å². The minimum Gasteiger partial charge on any atom is -0.504 e. The number of carbonyl (C=O) groups excluding carboxylic acids is 1. The van der Waals surface area contributed by atoms with E-state index < -0.39 is 0 Å². The number of hydrogen-bond acceptors (Lipinski definition) is 7. The molecule has 0 aliphatic carbocycles. The number of methoxy groups -OCH3 is 1. The SMILES string of the molecule is COc1cc(C2CC(=O)Nc3c2c(C)nn3-c2nncc(-c3ccc(Cl)cc3)n2)ccc1O. The number of fused-ring (bicyclic) bond motifs is 1. The van der Waals surface area contributed by atoms with Crippen LogP contribution < -0.4 is 10.1 Å².